The van der Waals surface area contributed by atoms with E-state index < -0.39 is 0 Å². The summed E-state index contributed by atoms with van der Waals surface area (Å²) in [5, 5.41) is 3.75. The number of nitrogens with zero attached hydrogens (tertiary/aromatic N) is 1. The highest BCUT2D eigenvalue weighted by atomic mass is 15.2. The molecule has 1 N–H and O–H groups in total. The van der Waals surface area contributed by atoms with E-state index in [0.29, 0.717) is 5.54 Å². The molecule has 1 aromatic carbocycles. The molecule has 20 heavy (non-hydrogen) atoms. The van der Waals surface area contributed by atoms with Crippen LogP contribution < -0.4 is 5.32 Å². The lowest BCUT2D eigenvalue weighted by molar-refractivity contribution is 0.147. The van der Waals surface area contributed by atoms with Crippen molar-refractivity contribution >= 4 is 0 Å². The molecule has 2 atom stereocenters. The van der Waals surface area contributed by atoms with Crippen LogP contribution in [0.25, 0.3) is 0 Å². The molecular weight excluding hydrogens is 244 g/mol. The van der Waals surface area contributed by atoms with E-state index in [0.717, 1.165) is 6.04 Å². The smallest absolute Gasteiger partial charge is 0.0277 e. The molecule has 1 aliphatic heterocycles. The van der Waals surface area contributed by atoms with Gasteiger partial charge in [-0.3, -0.25) is 4.90 Å². The van der Waals surface area contributed by atoms with Gasteiger partial charge in [0.2, 0.25) is 0 Å². The second-order valence-corrected chi connectivity index (χ2v) is 6.83. The van der Waals surface area contributed by atoms with Crippen molar-refractivity contribution < 1.29 is 0 Å². The second kappa shape index (κ2) is 5.87. The molecule has 3 rings (SSSR count). The average Bonchev–Trinajstić information content (AvgIpc) is 2.69. The Balaban J connectivity index is 1.73. The standard InChI is InChI=1S/C18H28N2/c1-3-18(2)14-20(12-6-11-19-18)17-10-9-15-7-4-5-8-16(15)13-17/h4-5,7-8,17,19H,3,6,9-14H2,1-2H3. The van der Waals surface area contributed by atoms with Crippen molar-refractivity contribution in [1.82, 2.24) is 10.2 Å². The summed E-state index contributed by atoms with van der Waals surface area (Å²) >= 11 is 0. The minimum Gasteiger partial charge on any atom is -0.310 e. The molecule has 1 aromatic rings. The van der Waals surface area contributed by atoms with Crippen LogP contribution in [0.1, 0.15) is 44.2 Å². The van der Waals surface area contributed by atoms with Crippen LogP contribution in [-0.4, -0.2) is 36.1 Å². The van der Waals surface area contributed by atoms with Crippen LogP contribution in [-0.2, 0) is 12.8 Å². The van der Waals surface area contributed by atoms with Gasteiger partial charge in [0, 0.05) is 18.1 Å². The monoisotopic (exact) mass is 272 g/mol. The summed E-state index contributed by atoms with van der Waals surface area (Å²) in [5.74, 6) is 0. The largest absolute Gasteiger partial charge is 0.310 e. The lowest BCUT2D eigenvalue weighted by Gasteiger charge is -2.39. The summed E-state index contributed by atoms with van der Waals surface area (Å²) in [6, 6.07) is 9.77. The zero-order valence-electron chi connectivity index (χ0n) is 13.0. The number of hydrogen-bond acceptors (Lipinski definition) is 2. The molecule has 1 saturated heterocycles. The Hall–Kier alpha value is -0.860. The molecule has 2 aliphatic rings. The van der Waals surface area contributed by atoms with Gasteiger partial charge in [0.25, 0.3) is 0 Å². The van der Waals surface area contributed by atoms with Gasteiger partial charge in [-0.05, 0) is 63.2 Å². The third-order valence-corrected chi connectivity index (χ3v) is 5.34. The highest BCUT2D eigenvalue weighted by Crippen LogP contribution is 2.27. The Morgan fingerprint density at radius 1 is 1.30 bits per heavy atom. The van der Waals surface area contributed by atoms with E-state index in [9.17, 15) is 0 Å². The molecule has 1 heterocycles. The van der Waals surface area contributed by atoms with Gasteiger partial charge < -0.3 is 5.32 Å². The summed E-state index contributed by atoms with van der Waals surface area (Å²) < 4.78 is 0. The molecule has 0 amide bonds. The van der Waals surface area contributed by atoms with Crippen molar-refractivity contribution in [2.45, 2.75) is 57.5 Å². The lowest BCUT2D eigenvalue weighted by Crippen LogP contribution is -2.51. The van der Waals surface area contributed by atoms with Gasteiger partial charge in [0.05, 0.1) is 0 Å². The van der Waals surface area contributed by atoms with Crippen LogP contribution in [0, 0.1) is 0 Å². The molecule has 2 unspecified atom stereocenters. The minimum atomic E-state index is 0.299. The highest BCUT2D eigenvalue weighted by Gasteiger charge is 2.32. The molecule has 0 radical (unpaired) electrons. The normalized spacial score (nSPS) is 31.6. The summed E-state index contributed by atoms with van der Waals surface area (Å²) in [5.41, 5.74) is 3.46. The fourth-order valence-electron chi connectivity index (χ4n) is 3.79. The van der Waals surface area contributed by atoms with Gasteiger partial charge >= 0.3 is 0 Å². The third kappa shape index (κ3) is 2.91. The second-order valence-electron chi connectivity index (χ2n) is 6.83. The van der Waals surface area contributed by atoms with E-state index in [-0.39, 0.29) is 0 Å². The zero-order chi connectivity index (χ0) is 14.0. The van der Waals surface area contributed by atoms with Crippen molar-refractivity contribution in [3.05, 3.63) is 35.4 Å². The third-order valence-electron chi connectivity index (χ3n) is 5.34. The highest BCUT2D eigenvalue weighted by molar-refractivity contribution is 5.30. The Morgan fingerprint density at radius 2 is 2.10 bits per heavy atom. The Kier molecular flexibility index (Phi) is 4.13. The maximum Gasteiger partial charge on any atom is 0.0277 e. The molecule has 1 fully saturated rings. The number of nitrogens with one attached hydrogen (secondary N) is 1. The minimum absolute atomic E-state index is 0.299. The average molecular weight is 272 g/mol. The predicted octanol–water partition coefficient (Wildman–Crippen LogP) is 3.01. The van der Waals surface area contributed by atoms with Gasteiger partial charge in [0.1, 0.15) is 0 Å². The first-order valence-corrected chi connectivity index (χ1v) is 8.26. The fraction of sp³-hybridized carbons (Fsp3) is 0.667. The predicted molar refractivity (Wildman–Crippen MR) is 85.1 cm³/mol. The van der Waals surface area contributed by atoms with E-state index >= 15 is 0 Å². The van der Waals surface area contributed by atoms with Crippen LogP contribution in [0.5, 0.6) is 0 Å². The number of hydrogen-bond donors (Lipinski definition) is 1. The zero-order valence-corrected chi connectivity index (χ0v) is 13.0. The van der Waals surface area contributed by atoms with Crippen molar-refractivity contribution in [3.63, 3.8) is 0 Å². The molecule has 0 saturated carbocycles. The molecule has 1 aliphatic carbocycles. The van der Waals surface area contributed by atoms with Crippen LogP contribution in [0.4, 0.5) is 0 Å². The van der Waals surface area contributed by atoms with E-state index in [2.05, 4.69) is 48.3 Å². The van der Waals surface area contributed by atoms with Gasteiger partial charge in [-0.1, -0.05) is 31.2 Å². The molecule has 2 heteroatoms. The van der Waals surface area contributed by atoms with Crippen molar-refractivity contribution in [2.75, 3.05) is 19.6 Å². The van der Waals surface area contributed by atoms with Crippen molar-refractivity contribution in [3.8, 4) is 0 Å². The molecule has 0 bridgehead atoms. The number of fused-ring (bicyclic) bond motifs is 1. The quantitative estimate of drug-likeness (QED) is 0.890. The maximum absolute atomic E-state index is 3.75. The van der Waals surface area contributed by atoms with Crippen LogP contribution >= 0.6 is 0 Å². The Bertz CT molecular complexity index is 456. The first-order chi connectivity index (χ1) is 9.70. The van der Waals surface area contributed by atoms with E-state index in [1.807, 2.05) is 0 Å². The van der Waals surface area contributed by atoms with Crippen LogP contribution in [0.3, 0.4) is 0 Å². The Labute approximate surface area is 123 Å². The summed E-state index contributed by atoms with van der Waals surface area (Å²) in [7, 11) is 0. The first kappa shape index (κ1) is 14.1. The number of benzene rings is 1. The lowest BCUT2D eigenvalue weighted by atomic mass is 9.86. The fourth-order valence-corrected chi connectivity index (χ4v) is 3.79. The van der Waals surface area contributed by atoms with E-state index in [1.165, 1.54) is 51.7 Å². The van der Waals surface area contributed by atoms with E-state index in [4.69, 9.17) is 0 Å². The van der Waals surface area contributed by atoms with Gasteiger partial charge in [-0.2, -0.15) is 0 Å². The van der Waals surface area contributed by atoms with Gasteiger partial charge in [0.15, 0.2) is 0 Å². The Morgan fingerprint density at radius 3 is 2.90 bits per heavy atom. The number of rotatable bonds is 2. The van der Waals surface area contributed by atoms with E-state index in [1.54, 1.807) is 11.1 Å². The molecule has 0 spiro atoms. The van der Waals surface area contributed by atoms with Gasteiger partial charge in [-0.15, -0.1) is 0 Å². The maximum atomic E-state index is 3.75. The van der Waals surface area contributed by atoms with Crippen LogP contribution in [0.2, 0.25) is 0 Å². The topological polar surface area (TPSA) is 15.3 Å². The van der Waals surface area contributed by atoms with Crippen LogP contribution in [0.15, 0.2) is 24.3 Å². The molecule has 110 valence electrons. The summed E-state index contributed by atoms with van der Waals surface area (Å²) in [4.78, 5) is 2.76. The SMILES string of the molecule is CCC1(C)CN(C2CCc3ccccc3C2)CCCN1. The molecule has 0 aromatic heterocycles. The van der Waals surface area contributed by atoms with Crippen molar-refractivity contribution in [1.29, 1.82) is 0 Å². The van der Waals surface area contributed by atoms with Gasteiger partial charge in [-0.25, -0.2) is 0 Å². The van der Waals surface area contributed by atoms with Crippen molar-refractivity contribution in [2.24, 2.45) is 0 Å². The number of aryl methyl sites for hydroxylation is 1. The first-order valence-electron chi connectivity index (χ1n) is 8.26. The summed E-state index contributed by atoms with van der Waals surface area (Å²) in [6.45, 7) is 8.34. The summed E-state index contributed by atoms with van der Waals surface area (Å²) in [6.07, 6.45) is 6.33. The molecular formula is C18H28N2. The molecule has 2 nitrogen and oxygen atoms in total.